The summed E-state index contributed by atoms with van der Waals surface area (Å²) in [4.78, 5) is 15.2. The zero-order valence-corrected chi connectivity index (χ0v) is 19.3. The highest BCUT2D eigenvalue weighted by Gasteiger charge is 2.30. The van der Waals surface area contributed by atoms with E-state index in [2.05, 4.69) is 0 Å². The SMILES string of the molecule is Cn1nc(-c2ccccc2)c(CN(CC2CC2)C(=O)c2cccc(F)c2)c1Oc1ccc(F)cc1. The van der Waals surface area contributed by atoms with Gasteiger partial charge in [0.2, 0.25) is 5.88 Å². The quantitative estimate of drug-likeness (QED) is 0.306. The number of nitrogens with zero attached hydrogens (tertiary/aromatic N) is 3. The van der Waals surface area contributed by atoms with Crippen LogP contribution in [0.15, 0.2) is 78.9 Å². The van der Waals surface area contributed by atoms with Crippen LogP contribution in [-0.4, -0.2) is 27.1 Å². The van der Waals surface area contributed by atoms with Crippen molar-refractivity contribution < 1.29 is 18.3 Å². The van der Waals surface area contributed by atoms with Crippen molar-refractivity contribution in [3.8, 4) is 22.9 Å². The molecule has 0 radical (unpaired) electrons. The second-order valence-corrected chi connectivity index (χ2v) is 8.82. The number of carbonyl (C=O) groups excluding carboxylic acids is 1. The van der Waals surface area contributed by atoms with Gasteiger partial charge in [0.25, 0.3) is 5.91 Å². The number of aryl methyl sites for hydroxylation is 1. The molecule has 1 heterocycles. The van der Waals surface area contributed by atoms with Crippen LogP contribution >= 0.6 is 0 Å². The van der Waals surface area contributed by atoms with Gasteiger partial charge in [0.05, 0.1) is 12.1 Å². The normalized spacial score (nSPS) is 13.0. The van der Waals surface area contributed by atoms with Gasteiger partial charge in [-0.05, 0) is 61.2 Å². The summed E-state index contributed by atoms with van der Waals surface area (Å²) >= 11 is 0. The molecule has 0 spiro atoms. The predicted molar refractivity (Wildman–Crippen MR) is 129 cm³/mol. The summed E-state index contributed by atoms with van der Waals surface area (Å²) in [5, 5.41) is 4.71. The third-order valence-electron chi connectivity index (χ3n) is 6.05. The van der Waals surface area contributed by atoms with Crippen molar-refractivity contribution in [2.24, 2.45) is 13.0 Å². The molecule has 35 heavy (non-hydrogen) atoms. The van der Waals surface area contributed by atoms with Crippen molar-refractivity contribution in [2.75, 3.05) is 6.54 Å². The van der Waals surface area contributed by atoms with E-state index in [1.54, 1.807) is 40.9 Å². The van der Waals surface area contributed by atoms with Gasteiger partial charge in [0.15, 0.2) is 0 Å². The highest BCUT2D eigenvalue weighted by molar-refractivity contribution is 5.94. The second kappa shape index (κ2) is 9.70. The van der Waals surface area contributed by atoms with E-state index in [9.17, 15) is 13.6 Å². The molecule has 4 aromatic rings. The molecular weight excluding hydrogens is 448 g/mol. The molecule has 5 nitrogen and oxygen atoms in total. The van der Waals surface area contributed by atoms with Crippen molar-refractivity contribution >= 4 is 5.91 Å². The maximum atomic E-state index is 13.9. The average Bonchev–Trinajstić information content (AvgIpc) is 3.64. The summed E-state index contributed by atoms with van der Waals surface area (Å²) in [5.41, 5.74) is 2.61. The first kappa shape index (κ1) is 22.8. The first-order chi connectivity index (χ1) is 17.0. The van der Waals surface area contributed by atoms with E-state index in [-0.39, 0.29) is 18.3 Å². The zero-order valence-electron chi connectivity index (χ0n) is 19.3. The smallest absolute Gasteiger partial charge is 0.254 e. The lowest BCUT2D eigenvalue weighted by atomic mass is 10.1. The van der Waals surface area contributed by atoms with Crippen LogP contribution in [-0.2, 0) is 13.6 Å². The van der Waals surface area contributed by atoms with Gasteiger partial charge >= 0.3 is 0 Å². The minimum Gasteiger partial charge on any atom is -0.439 e. The van der Waals surface area contributed by atoms with Gasteiger partial charge in [-0.2, -0.15) is 5.10 Å². The molecule has 5 rings (SSSR count). The van der Waals surface area contributed by atoms with Gasteiger partial charge in [-0.1, -0.05) is 36.4 Å². The van der Waals surface area contributed by atoms with Crippen LogP contribution in [0, 0.1) is 17.6 Å². The highest BCUT2D eigenvalue weighted by Crippen LogP contribution is 2.36. The zero-order chi connectivity index (χ0) is 24.4. The van der Waals surface area contributed by atoms with Crippen LogP contribution in [0.25, 0.3) is 11.3 Å². The molecule has 0 atom stereocenters. The number of halogens is 2. The van der Waals surface area contributed by atoms with Crippen LogP contribution in [0.4, 0.5) is 8.78 Å². The highest BCUT2D eigenvalue weighted by atomic mass is 19.1. The summed E-state index contributed by atoms with van der Waals surface area (Å²) in [5.74, 6) is 0.291. The lowest BCUT2D eigenvalue weighted by Gasteiger charge is -2.23. The van der Waals surface area contributed by atoms with Crippen LogP contribution < -0.4 is 4.74 Å². The van der Waals surface area contributed by atoms with E-state index in [4.69, 9.17) is 9.84 Å². The fourth-order valence-electron chi connectivity index (χ4n) is 4.09. The van der Waals surface area contributed by atoms with Gasteiger partial charge in [-0.3, -0.25) is 4.79 Å². The molecule has 7 heteroatoms. The Hall–Kier alpha value is -4.00. The third-order valence-corrected chi connectivity index (χ3v) is 6.05. The van der Waals surface area contributed by atoms with E-state index in [0.29, 0.717) is 35.3 Å². The summed E-state index contributed by atoms with van der Waals surface area (Å²) in [6.07, 6.45) is 2.12. The Morgan fingerprint density at radius 2 is 1.74 bits per heavy atom. The third kappa shape index (κ3) is 5.24. The molecule has 1 aromatic heterocycles. The van der Waals surface area contributed by atoms with E-state index >= 15 is 0 Å². The Kier molecular flexibility index (Phi) is 6.31. The van der Waals surface area contributed by atoms with E-state index in [1.165, 1.54) is 24.3 Å². The molecule has 0 unspecified atom stereocenters. The second-order valence-electron chi connectivity index (χ2n) is 8.82. The van der Waals surface area contributed by atoms with Crippen LogP contribution in [0.2, 0.25) is 0 Å². The van der Waals surface area contributed by atoms with E-state index in [0.717, 1.165) is 24.0 Å². The predicted octanol–water partition coefficient (Wildman–Crippen LogP) is 6.21. The number of amides is 1. The Balaban J connectivity index is 1.55. The van der Waals surface area contributed by atoms with Gasteiger partial charge < -0.3 is 9.64 Å². The van der Waals surface area contributed by atoms with Gasteiger partial charge in [0.1, 0.15) is 23.1 Å². The Morgan fingerprint density at radius 1 is 1.00 bits per heavy atom. The lowest BCUT2D eigenvalue weighted by molar-refractivity contribution is 0.0733. The number of ether oxygens (including phenoxy) is 1. The molecule has 1 fully saturated rings. The molecule has 0 saturated heterocycles. The molecule has 0 N–H and O–H groups in total. The van der Waals surface area contributed by atoms with Gasteiger partial charge in [-0.25, -0.2) is 13.5 Å². The molecule has 1 saturated carbocycles. The Bertz CT molecular complexity index is 1330. The van der Waals surface area contributed by atoms with E-state index in [1.807, 2.05) is 30.3 Å². The van der Waals surface area contributed by atoms with Crippen LogP contribution in [0.3, 0.4) is 0 Å². The molecule has 0 bridgehead atoms. The largest absolute Gasteiger partial charge is 0.439 e. The summed E-state index contributed by atoms with van der Waals surface area (Å²) in [6, 6.07) is 21.2. The molecule has 1 aliphatic rings. The molecule has 1 aliphatic carbocycles. The minimum atomic E-state index is -0.450. The van der Waals surface area contributed by atoms with Crippen LogP contribution in [0.5, 0.6) is 11.6 Å². The fourth-order valence-corrected chi connectivity index (χ4v) is 4.09. The maximum Gasteiger partial charge on any atom is 0.254 e. The van der Waals surface area contributed by atoms with Crippen LogP contribution in [0.1, 0.15) is 28.8 Å². The molecule has 1 amide bonds. The Labute approximate surface area is 202 Å². The number of carbonyl (C=O) groups is 1. The number of benzene rings is 3. The summed E-state index contributed by atoms with van der Waals surface area (Å²) < 4.78 is 35.1. The molecule has 0 aliphatic heterocycles. The first-order valence-electron chi connectivity index (χ1n) is 11.6. The summed E-state index contributed by atoms with van der Waals surface area (Å²) in [6.45, 7) is 0.800. The fraction of sp³-hybridized carbons (Fsp3) is 0.214. The molecule has 3 aromatic carbocycles. The van der Waals surface area contributed by atoms with Crippen molar-refractivity contribution in [3.63, 3.8) is 0 Å². The average molecular weight is 474 g/mol. The number of aromatic nitrogens is 2. The first-order valence-corrected chi connectivity index (χ1v) is 11.6. The summed E-state index contributed by atoms with van der Waals surface area (Å²) in [7, 11) is 1.77. The minimum absolute atomic E-state index is 0.237. The van der Waals surface area contributed by atoms with Gasteiger partial charge in [-0.15, -0.1) is 0 Å². The van der Waals surface area contributed by atoms with Crippen molar-refractivity contribution in [1.82, 2.24) is 14.7 Å². The Morgan fingerprint density at radius 3 is 2.43 bits per heavy atom. The lowest BCUT2D eigenvalue weighted by Crippen LogP contribution is -2.32. The standard InChI is InChI=1S/C28H25F2N3O2/c1-32-28(35-24-14-12-22(29)13-15-24)25(26(31-32)20-6-3-2-4-7-20)18-33(17-19-10-11-19)27(34)21-8-5-9-23(30)16-21/h2-9,12-16,19H,10-11,17-18H2,1H3. The topological polar surface area (TPSA) is 47.4 Å². The van der Waals surface area contributed by atoms with Crippen molar-refractivity contribution in [2.45, 2.75) is 19.4 Å². The van der Waals surface area contributed by atoms with Crippen molar-refractivity contribution in [3.05, 3.63) is 102 Å². The maximum absolute atomic E-state index is 13.9. The number of rotatable bonds is 8. The number of hydrogen-bond donors (Lipinski definition) is 0. The molecular formula is C28H25F2N3O2. The van der Waals surface area contributed by atoms with Gasteiger partial charge in [0, 0.05) is 24.7 Å². The van der Waals surface area contributed by atoms with E-state index < -0.39 is 5.82 Å². The monoisotopic (exact) mass is 473 g/mol. The van der Waals surface area contributed by atoms with Crippen molar-refractivity contribution in [1.29, 1.82) is 0 Å². The molecule has 178 valence electrons. The number of hydrogen-bond acceptors (Lipinski definition) is 3.